The van der Waals surface area contributed by atoms with Crippen LogP contribution in [0.2, 0.25) is 0 Å². The molecule has 7 heteroatoms. The van der Waals surface area contributed by atoms with Crippen LogP contribution in [0.25, 0.3) is 0 Å². The zero-order chi connectivity index (χ0) is 16.2. The van der Waals surface area contributed by atoms with Crippen LogP contribution in [-0.4, -0.2) is 14.9 Å². The lowest BCUT2D eigenvalue weighted by molar-refractivity contribution is -0.384. The van der Waals surface area contributed by atoms with Crippen molar-refractivity contribution < 1.29 is 4.92 Å². The predicted molar refractivity (Wildman–Crippen MR) is 87.9 cm³/mol. The van der Waals surface area contributed by atoms with E-state index in [1.165, 1.54) is 19.3 Å². The summed E-state index contributed by atoms with van der Waals surface area (Å²) in [5.41, 5.74) is 6.52. The van der Waals surface area contributed by atoms with Crippen molar-refractivity contribution in [1.29, 1.82) is 0 Å². The van der Waals surface area contributed by atoms with Gasteiger partial charge < -0.3 is 11.1 Å². The fourth-order valence-corrected chi connectivity index (χ4v) is 2.78. The van der Waals surface area contributed by atoms with Crippen molar-refractivity contribution in [1.82, 2.24) is 9.97 Å². The molecule has 0 spiro atoms. The van der Waals surface area contributed by atoms with Crippen LogP contribution in [0.3, 0.4) is 0 Å². The first-order valence-corrected chi connectivity index (χ1v) is 7.72. The third-order valence-corrected chi connectivity index (χ3v) is 4.29. The number of rotatable bonds is 6. The number of hydrogen-bond donors (Lipinski definition) is 2. The largest absolute Gasteiger partial charge is 0.378 e. The van der Waals surface area contributed by atoms with Crippen molar-refractivity contribution in [3.05, 3.63) is 52.2 Å². The van der Waals surface area contributed by atoms with E-state index < -0.39 is 4.92 Å². The Kier molecular flexibility index (Phi) is 4.36. The van der Waals surface area contributed by atoms with Gasteiger partial charge in [0, 0.05) is 0 Å². The molecule has 1 aliphatic carbocycles. The van der Waals surface area contributed by atoms with E-state index in [2.05, 4.69) is 27.4 Å². The second kappa shape index (κ2) is 6.60. The standard InChI is InChI=1S/C16H19N5O2/c17-15-14(21(22)23)10-18-16(20-15)19-13(9-11-5-4-6-11)12-7-2-1-3-8-12/h1-3,7-8,10-11,13H,4-6,9H2,(H3,17,18,19,20). The monoisotopic (exact) mass is 313 g/mol. The summed E-state index contributed by atoms with van der Waals surface area (Å²) in [6.07, 6.45) is 5.91. The van der Waals surface area contributed by atoms with Crippen LogP contribution in [0, 0.1) is 16.0 Å². The highest BCUT2D eigenvalue weighted by atomic mass is 16.6. The Morgan fingerprint density at radius 3 is 2.65 bits per heavy atom. The summed E-state index contributed by atoms with van der Waals surface area (Å²) >= 11 is 0. The minimum absolute atomic E-state index is 0.0716. The summed E-state index contributed by atoms with van der Waals surface area (Å²) in [7, 11) is 0. The lowest BCUT2D eigenvalue weighted by Crippen LogP contribution is -2.21. The molecule has 3 rings (SSSR count). The van der Waals surface area contributed by atoms with Crippen LogP contribution in [0.15, 0.2) is 36.5 Å². The van der Waals surface area contributed by atoms with Gasteiger partial charge in [0.15, 0.2) is 0 Å². The fraction of sp³-hybridized carbons (Fsp3) is 0.375. The summed E-state index contributed by atoms with van der Waals surface area (Å²) in [4.78, 5) is 18.3. The molecular formula is C16H19N5O2. The van der Waals surface area contributed by atoms with Gasteiger partial charge in [0.2, 0.25) is 11.8 Å². The number of nitrogens with two attached hydrogens (primary N) is 1. The molecule has 1 aliphatic rings. The molecule has 1 atom stereocenters. The summed E-state index contributed by atoms with van der Waals surface area (Å²) in [6, 6.07) is 10.2. The van der Waals surface area contributed by atoms with E-state index in [1.807, 2.05) is 18.2 Å². The fourth-order valence-electron chi connectivity index (χ4n) is 2.78. The molecule has 3 N–H and O–H groups in total. The van der Waals surface area contributed by atoms with E-state index in [0.29, 0.717) is 11.9 Å². The minimum atomic E-state index is -0.581. The van der Waals surface area contributed by atoms with Crippen molar-refractivity contribution in [3.8, 4) is 0 Å². The summed E-state index contributed by atoms with van der Waals surface area (Å²) in [5, 5.41) is 14.1. The van der Waals surface area contributed by atoms with E-state index in [-0.39, 0.29) is 17.5 Å². The van der Waals surface area contributed by atoms with Crippen molar-refractivity contribution in [3.63, 3.8) is 0 Å². The normalized spacial score (nSPS) is 15.7. The molecule has 1 aromatic carbocycles. The van der Waals surface area contributed by atoms with E-state index >= 15 is 0 Å². The molecule has 1 saturated carbocycles. The van der Waals surface area contributed by atoms with Crippen LogP contribution in [0.5, 0.6) is 0 Å². The Balaban J connectivity index is 1.80. The Labute approximate surface area is 134 Å². The van der Waals surface area contributed by atoms with Crippen LogP contribution < -0.4 is 11.1 Å². The lowest BCUT2D eigenvalue weighted by atomic mass is 9.79. The van der Waals surface area contributed by atoms with Gasteiger partial charge in [-0.2, -0.15) is 4.98 Å². The minimum Gasteiger partial charge on any atom is -0.378 e. The maximum Gasteiger partial charge on any atom is 0.329 e. The van der Waals surface area contributed by atoms with Gasteiger partial charge in [-0.05, 0) is 17.9 Å². The highest BCUT2D eigenvalue weighted by Gasteiger charge is 2.24. The smallest absolute Gasteiger partial charge is 0.329 e. The highest BCUT2D eigenvalue weighted by Crippen LogP contribution is 2.36. The molecule has 2 aromatic rings. The second-order valence-corrected chi connectivity index (χ2v) is 5.86. The maximum atomic E-state index is 10.8. The summed E-state index contributed by atoms with van der Waals surface area (Å²) in [5.74, 6) is 0.896. The molecular weight excluding hydrogens is 294 g/mol. The molecule has 1 aromatic heterocycles. The van der Waals surface area contributed by atoms with E-state index in [1.54, 1.807) is 0 Å². The van der Waals surface area contributed by atoms with Crippen molar-refractivity contribution in [2.45, 2.75) is 31.7 Å². The van der Waals surface area contributed by atoms with Crippen molar-refractivity contribution in [2.24, 2.45) is 5.92 Å². The zero-order valence-corrected chi connectivity index (χ0v) is 12.7. The third kappa shape index (κ3) is 3.56. The van der Waals surface area contributed by atoms with Crippen molar-refractivity contribution in [2.75, 3.05) is 11.1 Å². The topological polar surface area (TPSA) is 107 Å². The number of aromatic nitrogens is 2. The molecule has 7 nitrogen and oxygen atoms in total. The number of nitro groups is 1. The molecule has 23 heavy (non-hydrogen) atoms. The molecule has 0 amide bonds. The van der Waals surface area contributed by atoms with Gasteiger partial charge in [0.05, 0.1) is 11.0 Å². The van der Waals surface area contributed by atoms with Gasteiger partial charge in [-0.1, -0.05) is 49.6 Å². The van der Waals surface area contributed by atoms with Gasteiger partial charge in [0.1, 0.15) is 6.20 Å². The van der Waals surface area contributed by atoms with Crippen LogP contribution >= 0.6 is 0 Å². The Morgan fingerprint density at radius 2 is 2.09 bits per heavy atom. The molecule has 1 fully saturated rings. The number of hydrogen-bond acceptors (Lipinski definition) is 6. The molecule has 1 unspecified atom stereocenters. The Bertz CT molecular complexity index is 688. The average Bonchev–Trinajstić information content (AvgIpc) is 2.50. The van der Waals surface area contributed by atoms with Gasteiger partial charge >= 0.3 is 5.69 Å². The second-order valence-electron chi connectivity index (χ2n) is 5.86. The Hall–Kier alpha value is -2.70. The van der Waals surface area contributed by atoms with E-state index in [0.717, 1.165) is 18.2 Å². The zero-order valence-electron chi connectivity index (χ0n) is 12.7. The quantitative estimate of drug-likeness (QED) is 0.626. The SMILES string of the molecule is Nc1nc(NC(CC2CCC2)c2ccccc2)ncc1[N+](=O)[O-]. The number of nitrogen functional groups attached to an aromatic ring is 1. The molecule has 0 aliphatic heterocycles. The van der Waals surface area contributed by atoms with Gasteiger partial charge in [-0.25, -0.2) is 4.98 Å². The molecule has 0 bridgehead atoms. The lowest BCUT2D eigenvalue weighted by Gasteiger charge is -2.30. The number of benzene rings is 1. The molecule has 120 valence electrons. The maximum absolute atomic E-state index is 10.8. The van der Waals surface area contributed by atoms with E-state index in [9.17, 15) is 10.1 Å². The van der Waals surface area contributed by atoms with Gasteiger partial charge in [0.25, 0.3) is 0 Å². The number of anilines is 2. The first kappa shape index (κ1) is 15.2. The van der Waals surface area contributed by atoms with Gasteiger partial charge in [-0.15, -0.1) is 0 Å². The van der Waals surface area contributed by atoms with Crippen LogP contribution in [0.1, 0.15) is 37.3 Å². The Morgan fingerprint density at radius 1 is 1.35 bits per heavy atom. The van der Waals surface area contributed by atoms with Crippen molar-refractivity contribution >= 4 is 17.5 Å². The van der Waals surface area contributed by atoms with E-state index in [4.69, 9.17) is 5.73 Å². The first-order chi connectivity index (χ1) is 11.1. The predicted octanol–water partition coefficient (Wildman–Crippen LogP) is 3.31. The summed E-state index contributed by atoms with van der Waals surface area (Å²) < 4.78 is 0. The average molecular weight is 313 g/mol. The molecule has 1 heterocycles. The molecule has 0 saturated heterocycles. The van der Waals surface area contributed by atoms with Crippen LogP contribution in [0.4, 0.5) is 17.5 Å². The molecule has 0 radical (unpaired) electrons. The third-order valence-electron chi connectivity index (χ3n) is 4.29. The number of nitrogens with zero attached hydrogens (tertiary/aromatic N) is 3. The van der Waals surface area contributed by atoms with Gasteiger partial charge in [-0.3, -0.25) is 10.1 Å². The summed E-state index contributed by atoms with van der Waals surface area (Å²) in [6.45, 7) is 0. The van der Waals surface area contributed by atoms with Crippen LogP contribution in [-0.2, 0) is 0 Å². The highest BCUT2D eigenvalue weighted by molar-refractivity contribution is 5.53. The first-order valence-electron chi connectivity index (χ1n) is 7.72. The number of nitrogens with one attached hydrogen (secondary N) is 1.